The van der Waals surface area contributed by atoms with Crippen molar-refractivity contribution in [3.8, 4) is 16.4 Å². The second-order valence-corrected chi connectivity index (χ2v) is 6.89. The molecule has 132 valence electrons. The van der Waals surface area contributed by atoms with Crippen LogP contribution in [-0.4, -0.2) is 14.8 Å². The van der Waals surface area contributed by atoms with Crippen molar-refractivity contribution in [2.24, 2.45) is 5.92 Å². The van der Waals surface area contributed by atoms with Crippen molar-refractivity contribution < 1.29 is 17.6 Å². The number of halogens is 4. The summed E-state index contributed by atoms with van der Waals surface area (Å²) in [5.41, 5.74) is 0.644. The number of hydrogen-bond donors (Lipinski definition) is 0. The first-order valence-electron chi connectivity index (χ1n) is 7.62. The number of nitrogens with zero attached hydrogens (tertiary/aromatic N) is 3. The second-order valence-electron chi connectivity index (χ2n) is 6.05. The first-order chi connectivity index (χ1) is 11.7. The minimum atomic E-state index is -4.52. The number of aromatic nitrogens is 3. The standard InChI is InChI=1S/C17H15F4N3S/c1-10(2)7-13-8-15(17(19,20)21)24(23-13)16-22-14(9-25-16)11-3-5-12(18)6-4-11/h3-6,8-10H,7H2,1-2H3. The van der Waals surface area contributed by atoms with Gasteiger partial charge in [0.25, 0.3) is 0 Å². The van der Waals surface area contributed by atoms with Crippen LogP contribution in [0.15, 0.2) is 35.7 Å². The van der Waals surface area contributed by atoms with E-state index in [4.69, 9.17) is 0 Å². The summed E-state index contributed by atoms with van der Waals surface area (Å²) in [6, 6.07) is 6.70. The molecular weight excluding hydrogens is 354 g/mol. The van der Waals surface area contributed by atoms with Crippen molar-refractivity contribution >= 4 is 11.3 Å². The van der Waals surface area contributed by atoms with Crippen LogP contribution in [0.4, 0.5) is 17.6 Å². The Hall–Kier alpha value is -2.22. The Morgan fingerprint density at radius 1 is 1.16 bits per heavy atom. The van der Waals surface area contributed by atoms with Gasteiger partial charge in [0.1, 0.15) is 5.82 Å². The van der Waals surface area contributed by atoms with Gasteiger partial charge in [0.05, 0.1) is 11.4 Å². The van der Waals surface area contributed by atoms with Gasteiger partial charge in [0.2, 0.25) is 5.13 Å². The molecule has 3 nitrogen and oxygen atoms in total. The molecule has 3 aromatic rings. The van der Waals surface area contributed by atoms with Gasteiger partial charge < -0.3 is 0 Å². The van der Waals surface area contributed by atoms with E-state index < -0.39 is 11.9 Å². The Labute approximate surface area is 145 Å². The molecular formula is C17H15F4N3S. The molecule has 0 bridgehead atoms. The SMILES string of the molecule is CC(C)Cc1cc(C(F)(F)F)n(-c2nc(-c3ccc(F)cc3)cs2)n1. The highest BCUT2D eigenvalue weighted by Gasteiger charge is 2.37. The second kappa shape index (κ2) is 6.59. The third kappa shape index (κ3) is 3.89. The van der Waals surface area contributed by atoms with Gasteiger partial charge in [-0.2, -0.15) is 18.3 Å². The van der Waals surface area contributed by atoms with Crippen LogP contribution in [0, 0.1) is 11.7 Å². The summed E-state index contributed by atoms with van der Waals surface area (Å²) >= 11 is 1.06. The Bertz CT molecular complexity index is 863. The van der Waals surface area contributed by atoms with E-state index in [0.29, 0.717) is 23.4 Å². The predicted octanol–water partition coefficient (Wildman–Crippen LogP) is 5.35. The molecule has 0 saturated heterocycles. The molecule has 0 saturated carbocycles. The van der Waals surface area contributed by atoms with E-state index in [9.17, 15) is 17.6 Å². The van der Waals surface area contributed by atoms with Crippen molar-refractivity contribution in [3.05, 3.63) is 52.9 Å². The van der Waals surface area contributed by atoms with Gasteiger partial charge in [-0.3, -0.25) is 0 Å². The van der Waals surface area contributed by atoms with Crippen LogP contribution in [0.2, 0.25) is 0 Å². The summed E-state index contributed by atoms with van der Waals surface area (Å²) in [6.07, 6.45) is -4.07. The van der Waals surface area contributed by atoms with Gasteiger partial charge in [-0.25, -0.2) is 14.1 Å². The van der Waals surface area contributed by atoms with Crippen molar-refractivity contribution in [2.75, 3.05) is 0 Å². The maximum atomic E-state index is 13.3. The molecule has 0 radical (unpaired) electrons. The topological polar surface area (TPSA) is 30.7 Å². The third-order valence-corrected chi connectivity index (χ3v) is 4.30. The number of hydrogen-bond acceptors (Lipinski definition) is 3. The highest BCUT2D eigenvalue weighted by Crippen LogP contribution is 2.33. The maximum Gasteiger partial charge on any atom is 0.433 e. The Morgan fingerprint density at radius 2 is 1.84 bits per heavy atom. The van der Waals surface area contributed by atoms with Crippen molar-refractivity contribution in [3.63, 3.8) is 0 Å². The first kappa shape index (κ1) is 17.6. The molecule has 0 aliphatic heterocycles. The van der Waals surface area contributed by atoms with Gasteiger partial charge >= 0.3 is 6.18 Å². The molecule has 25 heavy (non-hydrogen) atoms. The van der Waals surface area contributed by atoms with Gasteiger partial charge in [0, 0.05) is 10.9 Å². The lowest BCUT2D eigenvalue weighted by molar-refractivity contribution is -0.142. The monoisotopic (exact) mass is 369 g/mol. The molecule has 0 spiro atoms. The van der Waals surface area contributed by atoms with Crippen molar-refractivity contribution in [1.82, 2.24) is 14.8 Å². The van der Waals surface area contributed by atoms with Crippen LogP contribution in [0.3, 0.4) is 0 Å². The summed E-state index contributed by atoms with van der Waals surface area (Å²) in [6.45, 7) is 3.84. The van der Waals surface area contributed by atoms with Crippen molar-refractivity contribution in [1.29, 1.82) is 0 Å². The Morgan fingerprint density at radius 3 is 2.44 bits per heavy atom. The van der Waals surface area contributed by atoms with E-state index in [1.807, 2.05) is 13.8 Å². The zero-order valence-electron chi connectivity index (χ0n) is 13.5. The Balaban J connectivity index is 2.01. The quantitative estimate of drug-likeness (QED) is 0.580. The molecule has 8 heteroatoms. The zero-order chi connectivity index (χ0) is 18.2. The Kier molecular flexibility index (Phi) is 4.64. The predicted molar refractivity (Wildman–Crippen MR) is 88.2 cm³/mol. The summed E-state index contributed by atoms with van der Waals surface area (Å²) in [4.78, 5) is 4.24. The fraction of sp³-hybridized carbons (Fsp3) is 0.294. The summed E-state index contributed by atoms with van der Waals surface area (Å²) in [5.74, 6) is -0.195. The third-order valence-electron chi connectivity index (χ3n) is 3.48. The van der Waals surface area contributed by atoms with Gasteiger partial charge in [0.15, 0.2) is 5.69 Å². The van der Waals surface area contributed by atoms with E-state index in [1.54, 1.807) is 5.38 Å². The molecule has 0 unspecified atom stereocenters. The molecule has 0 fully saturated rings. The van der Waals surface area contributed by atoms with E-state index in [0.717, 1.165) is 22.1 Å². The summed E-state index contributed by atoms with van der Waals surface area (Å²) < 4.78 is 53.8. The lowest BCUT2D eigenvalue weighted by Gasteiger charge is -2.07. The fourth-order valence-corrected chi connectivity index (χ4v) is 3.21. The molecule has 0 aliphatic carbocycles. The average Bonchev–Trinajstić information content (AvgIpc) is 3.13. The minimum Gasteiger partial charge on any atom is -0.218 e. The first-order valence-corrected chi connectivity index (χ1v) is 8.50. The van der Waals surface area contributed by atoms with E-state index in [2.05, 4.69) is 10.1 Å². The average molecular weight is 369 g/mol. The van der Waals surface area contributed by atoms with Crippen LogP contribution in [0.1, 0.15) is 25.2 Å². The van der Waals surface area contributed by atoms with Crippen LogP contribution < -0.4 is 0 Å². The normalized spacial score (nSPS) is 12.1. The lowest BCUT2D eigenvalue weighted by Crippen LogP contribution is -2.13. The van der Waals surface area contributed by atoms with Crippen LogP contribution >= 0.6 is 11.3 Å². The maximum absolute atomic E-state index is 13.3. The van der Waals surface area contributed by atoms with Crippen LogP contribution in [0.5, 0.6) is 0 Å². The molecule has 1 aromatic carbocycles. The van der Waals surface area contributed by atoms with Crippen LogP contribution in [0.25, 0.3) is 16.4 Å². The number of alkyl halides is 3. The van der Waals surface area contributed by atoms with Gasteiger partial charge in [-0.05, 0) is 42.7 Å². The van der Waals surface area contributed by atoms with Gasteiger partial charge in [-0.15, -0.1) is 11.3 Å². The minimum absolute atomic E-state index is 0.127. The molecule has 0 aliphatic rings. The highest BCUT2D eigenvalue weighted by molar-refractivity contribution is 7.12. The lowest BCUT2D eigenvalue weighted by atomic mass is 10.1. The van der Waals surface area contributed by atoms with Crippen molar-refractivity contribution in [2.45, 2.75) is 26.4 Å². The number of rotatable bonds is 4. The molecule has 0 atom stereocenters. The van der Waals surface area contributed by atoms with Gasteiger partial charge in [-0.1, -0.05) is 13.8 Å². The molecule has 2 heterocycles. The molecule has 0 N–H and O–H groups in total. The van der Waals surface area contributed by atoms with E-state index in [-0.39, 0.29) is 16.9 Å². The highest BCUT2D eigenvalue weighted by atomic mass is 32.1. The summed E-state index contributed by atoms with van der Waals surface area (Å²) in [7, 11) is 0. The number of benzene rings is 1. The molecule has 2 aromatic heterocycles. The fourth-order valence-electron chi connectivity index (χ4n) is 2.41. The summed E-state index contributed by atoms with van der Waals surface area (Å²) in [5, 5.41) is 5.85. The van der Waals surface area contributed by atoms with Crippen LogP contribution in [-0.2, 0) is 12.6 Å². The number of thiazole rings is 1. The largest absolute Gasteiger partial charge is 0.433 e. The van der Waals surface area contributed by atoms with E-state index >= 15 is 0 Å². The molecule has 3 rings (SSSR count). The van der Waals surface area contributed by atoms with E-state index in [1.165, 1.54) is 24.3 Å². The smallest absolute Gasteiger partial charge is 0.218 e. The molecule has 0 amide bonds. The zero-order valence-corrected chi connectivity index (χ0v) is 14.3.